The van der Waals surface area contributed by atoms with E-state index in [9.17, 15) is 9.59 Å². The topological polar surface area (TPSA) is 98.5 Å². The molecule has 0 fully saturated rings. The Labute approximate surface area is 127 Å². The maximum atomic E-state index is 9.47. The summed E-state index contributed by atoms with van der Waals surface area (Å²) in [7, 11) is 0. The van der Waals surface area contributed by atoms with Gasteiger partial charge in [0, 0.05) is 6.42 Å². The van der Waals surface area contributed by atoms with Crippen molar-refractivity contribution < 1.29 is 50.8 Å². The third-order valence-electron chi connectivity index (χ3n) is 1.44. The molecule has 0 aliphatic heterocycles. The van der Waals surface area contributed by atoms with Crippen LogP contribution >= 0.6 is 0 Å². The summed E-state index contributed by atoms with van der Waals surface area (Å²) in [5.41, 5.74) is -0.324. The van der Waals surface area contributed by atoms with Crippen LogP contribution in [0, 0.1) is 11.3 Å². The average molecular weight is 257 g/mol. The first-order chi connectivity index (χ1) is 7.18. The van der Waals surface area contributed by atoms with E-state index in [0.29, 0.717) is 0 Å². The Hall–Kier alpha value is -0.390. The Bertz CT molecular complexity index is 211. The second kappa shape index (κ2) is 18.0. The molecule has 0 amide bonds. The fraction of sp³-hybridized carbons (Fsp3) is 0.727. The number of hydrogen-bond acceptors (Lipinski definition) is 3. The first-order valence-corrected chi connectivity index (χ1v) is 5.19. The molecule has 0 bridgehead atoms. The second-order valence-corrected chi connectivity index (χ2v) is 3.48. The third kappa shape index (κ3) is 49.9. The minimum Gasteiger partial charge on any atom is -1.00 e. The predicted octanol–water partition coefficient (Wildman–Crippen LogP) is -0.239. The quantitative estimate of drug-likeness (QED) is 0.480. The maximum absolute atomic E-state index is 9.47. The number of carbonyl (C=O) groups is 2. The van der Waals surface area contributed by atoms with Gasteiger partial charge < -0.3 is 11.6 Å². The van der Waals surface area contributed by atoms with Crippen molar-refractivity contribution in [1.29, 1.82) is 5.41 Å². The molecule has 0 aliphatic carbocycles. The molecule has 0 aromatic heterocycles. The summed E-state index contributed by atoms with van der Waals surface area (Å²) in [4.78, 5) is 18.8. The van der Waals surface area contributed by atoms with Crippen molar-refractivity contribution >= 4 is 17.7 Å². The molecule has 0 radical (unpaired) electrons. The Morgan fingerprint density at radius 2 is 1.41 bits per heavy atom. The molecule has 0 atom stereocenters. The maximum Gasteiger partial charge on any atom is 1.00 e. The van der Waals surface area contributed by atoms with Gasteiger partial charge in [-0.25, -0.2) is 4.79 Å². The summed E-state index contributed by atoms with van der Waals surface area (Å²) in [6.07, 6.45) is 1.53. The van der Waals surface area contributed by atoms with Crippen LogP contribution in [0.15, 0.2) is 0 Å². The SMILES string of the molecule is CC(=N)C(=O)O.CCC(=O)O.CCC(C)C.[H-].[Na+]. The van der Waals surface area contributed by atoms with Gasteiger partial charge in [-0.05, 0) is 12.8 Å². The number of aliphatic carboxylic acids is 2. The van der Waals surface area contributed by atoms with Crippen molar-refractivity contribution in [2.24, 2.45) is 5.92 Å². The minimum atomic E-state index is -1.16. The van der Waals surface area contributed by atoms with Crippen molar-refractivity contribution in [2.75, 3.05) is 0 Å². The summed E-state index contributed by atoms with van der Waals surface area (Å²) in [6, 6.07) is 0. The van der Waals surface area contributed by atoms with Crippen LogP contribution in [-0.4, -0.2) is 27.9 Å². The van der Waals surface area contributed by atoms with Gasteiger partial charge in [0.1, 0.15) is 5.71 Å². The Morgan fingerprint density at radius 3 is 1.41 bits per heavy atom. The third-order valence-corrected chi connectivity index (χ3v) is 1.44. The number of carboxylic acids is 2. The zero-order valence-corrected chi connectivity index (χ0v) is 13.7. The zero-order chi connectivity index (χ0) is 13.7. The van der Waals surface area contributed by atoms with Gasteiger partial charge >= 0.3 is 41.5 Å². The van der Waals surface area contributed by atoms with Crippen molar-refractivity contribution in [1.82, 2.24) is 0 Å². The number of rotatable bonds is 3. The molecule has 0 aromatic carbocycles. The van der Waals surface area contributed by atoms with E-state index in [1.807, 2.05) is 0 Å². The molecule has 6 heteroatoms. The molecule has 0 heterocycles. The van der Waals surface area contributed by atoms with Crippen LogP contribution in [0.25, 0.3) is 0 Å². The van der Waals surface area contributed by atoms with Gasteiger partial charge in [-0.1, -0.05) is 34.1 Å². The monoisotopic (exact) mass is 257 g/mol. The van der Waals surface area contributed by atoms with Crippen LogP contribution in [0.3, 0.4) is 0 Å². The minimum absolute atomic E-state index is 0. The summed E-state index contributed by atoms with van der Waals surface area (Å²) in [5, 5.41) is 21.8. The van der Waals surface area contributed by atoms with Crippen LogP contribution < -0.4 is 29.6 Å². The molecule has 0 saturated carbocycles. The molecule has 5 nitrogen and oxygen atoms in total. The van der Waals surface area contributed by atoms with Crippen molar-refractivity contribution in [3.8, 4) is 0 Å². The van der Waals surface area contributed by atoms with Crippen LogP contribution in [0.5, 0.6) is 0 Å². The van der Waals surface area contributed by atoms with Gasteiger partial charge in [0.15, 0.2) is 0 Å². The van der Waals surface area contributed by atoms with Crippen LogP contribution in [0.2, 0.25) is 0 Å². The fourth-order valence-electron chi connectivity index (χ4n) is 0. The van der Waals surface area contributed by atoms with Crippen molar-refractivity contribution in [3.05, 3.63) is 0 Å². The van der Waals surface area contributed by atoms with Gasteiger partial charge in [0.25, 0.3) is 0 Å². The van der Waals surface area contributed by atoms with E-state index in [1.165, 1.54) is 13.3 Å². The van der Waals surface area contributed by atoms with Crippen molar-refractivity contribution in [2.45, 2.75) is 47.5 Å². The molecule has 17 heavy (non-hydrogen) atoms. The molecule has 0 saturated heterocycles. The standard InChI is InChI=1S/C5H12.C3H5NO2.C3H6O2.Na.H/c1-4-5(2)3;1-2(4)3(5)6;1-2-3(4)5;;/h5H,4H2,1-3H3;4H,1H3,(H,5,6);2H2,1H3,(H,4,5);;/q;;;+1;-1. The first-order valence-electron chi connectivity index (χ1n) is 5.19. The normalized spacial score (nSPS) is 7.65. The van der Waals surface area contributed by atoms with E-state index in [-0.39, 0.29) is 43.1 Å². The predicted molar refractivity (Wildman–Crippen MR) is 65.2 cm³/mol. The first kappa shape index (κ1) is 25.5. The number of nitrogens with one attached hydrogen (secondary N) is 1. The van der Waals surface area contributed by atoms with Gasteiger partial charge in [-0.3, -0.25) is 10.2 Å². The Kier molecular flexibility index (Phi) is 26.9. The van der Waals surface area contributed by atoms with Crippen LogP contribution in [0.1, 0.15) is 48.9 Å². The van der Waals surface area contributed by atoms with E-state index < -0.39 is 11.9 Å². The summed E-state index contributed by atoms with van der Waals surface area (Å²) in [5.74, 6) is -1.02. The molecule has 0 unspecified atom stereocenters. The second-order valence-electron chi connectivity index (χ2n) is 3.48. The Morgan fingerprint density at radius 1 is 1.24 bits per heavy atom. The number of carboxylic acid groups (broad SMARTS) is 2. The molecule has 0 aliphatic rings. The van der Waals surface area contributed by atoms with Gasteiger partial charge in [0.05, 0.1) is 0 Å². The van der Waals surface area contributed by atoms with Crippen molar-refractivity contribution in [3.63, 3.8) is 0 Å². The van der Waals surface area contributed by atoms with E-state index in [0.717, 1.165) is 5.92 Å². The smallest absolute Gasteiger partial charge is 1.00 e. The average Bonchev–Trinajstić information content (AvgIpc) is 2.19. The van der Waals surface area contributed by atoms with Gasteiger partial charge in [-0.2, -0.15) is 0 Å². The van der Waals surface area contributed by atoms with E-state index >= 15 is 0 Å². The fourth-order valence-corrected chi connectivity index (χ4v) is 0. The van der Waals surface area contributed by atoms with E-state index in [1.54, 1.807) is 6.92 Å². The molecule has 3 N–H and O–H groups in total. The molecule has 0 aromatic rings. The van der Waals surface area contributed by atoms with Gasteiger partial charge in [-0.15, -0.1) is 0 Å². The molecule has 0 spiro atoms. The molecular weight excluding hydrogens is 233 g/mol. The molecule has 0 rings (SSSR count). The molecule has 98 valence electrons. The summed E-state index contributed by atoms with van der Waals surface area (Å²) >= 11 is 0. The number of hydrogen-bond donors (Lipinski definition) is 3. The summed E-state index contributed by atoms with van der Waals surface area (Å²) in [6.45, 7) is 9.47. The largest absolute Gasteiger partial charge is 1.00 e. The Balaban J connectivity index is -0.0000000447. The van der Waals surface area contributed by atoms with Gasteiger partial charge in [0.2, 0.25) is 0 Å². The summed E-state index contributed by atoms with van der Waals surface area (Å²) < 4.78 is 0. The van der Waals surface area contributed by atoms with Crippen LogP contribution in [-0.2, 0) is 9.59 Å². The zero-order valence-electron chi connectivity index (χ0n) is 12.7. The van der Waals surface area contributed by atoms with E-state index in [2.05, 4.69) is 20.8 Å². The molecular formula is C11H24NNaO4. The van der Waals surface area contributed by atoms with Crippen LogP contribution in [0.4, 0.5) is 0 Å². The van der Waals surface area contributed by atoms with E-state index in [4.69, 9.17) is 15.6 Å².